The summed E-state index contributed by atoms with van der Waals surface area (Å²) in [4.78, 5) is 14.1. The molecule has 0 aromatic heterocycles. The molecule has 0 saturated carbocycles. The van der Waals surface area contributed by atoms with Crippen molar-refractivity contribution in [1.29, 1.82) is 0 Å². The Kier molecular flexibility index (Phi) is 7.75. The van der Waals surface area contributed by atoms with Crippen LogP contribution in [0.4, 0.5) is 0 Å². The molecule has 1 aromatic carbocycles. The molecule has 0 radical (unpaired) electrons. The lowest BCUT2D eigenvalue weighted by Gasteiger charge is -2.22. The van der Waals surface area contributed by atoms with Crippen molar-refractivity contribution in [3.05, 3.63) is 28.2 Å². The van der Waals surface area contributed by atoms with E-state index in [1.54, 1.807) is 12.1 Å². The number of nitrogens with one attached hydrogen (secondary N) is 1. The predicted octanol–water partition coefficient (Wildman–Crippen LogP) is 3.28. The van der Waals surface area contributed by atoms with Gasteiger partial charge in [-0.3, -0.25) is 9.69 Å². The number of hydrogen-bond donors (Lipinski definition) is 2. The largest absolute Gasteiger partial charge is 0.508 e. The van der Waals surface area contributed by atoms with E-state index in [2.05, 4.69) is 35.1 Å². The monoisotopic (exact) mass is 356 g/mol. The third-order valence-corrected chi connectivity index (χ3v) is 4.09. The Bertz CT molecular complexity index is 462. The molecule has 0 spiro atoms. The van der Waals surface area contributed by atoms with Gasteiger partial charge in [0.15, 0.2) is 0 Å². The van der Waals surface area contributed by atoms with E-state index in [4.69, 9.17) is 0 Å². The van der Waals surface area contributed by atoms with Gasteiger partial charge in [0.05, 0.1) is 6.54 Å². The smallest absolute Gasteiger partial charge is 0.234 e. The highest BCUT2D eigenvalue weighted by molar-refractivity contribution is 9.10. The molecule has 1 aromatic rings. The van der Waals surface area contributed by atoms with Gasteiger partial charge in [-0.05, 0) is 37.6 Å². The number of benzene rings is 1. The van der Waals surface area contributed by atoms with Gasteiger partial charge >= 0.3 is 0 Å². The first-order chi connectivity index (χ1) is 9.99. The normalized spacial score (nSPS) is 11.1. The van der Waals surface area contributed by atoms with Crippen molar-refractivity contribution in [3.8, 4) is 5.75 Å². The number of carbonyl (C=O) groups is 1. The van der Waals surface area contributed by atoms with E-state index in [9.17, 15) is 9.90 Å². The Labute approximate surface area is 135 Å². The van der Waals surface area contributed by atoms with Gasteiger partial charge < -0.3 is 10.4 Å². The lowest BCUT2D eigenvalue weighted by atomic mass is 10.1. The maximum absolute atomic E-state index is 12.1. The van der Waals surface area contributed by atoms with Crippen LogP contribution in [0.3, 0.4) is 0 Å². The molecule has 1 rings (SSSR count). The quantitative estimate of drug-likeness (QED) is 0.751. The van der Waals surface area contributed by atoms with Crippen LogP contribution in [-0.2, 0) is 11.3 Å². The Morgan fingerprint density at radius 2 is 2.00 bits per heavy atom. The summed E-state index contributed by atoms with van der Waals surface area (Å²) < 4.78 is 0.924. The first-order valence-electron chi connectivity index (χ1n) is 7.49. The molecule has 0 aliphatic rings. The highest BCUT2D eigenvalue weighted by atomic mass is 79.9. The standard InChI is InChI=1S/C16H25BrN2O2/c1-4-14(5-2)18-16(21)11-19(6-3)10-12-9-13(17)7-8-15(12)20/h7-9,14,20H,4-6,10-11H2,1-3H3,(H,18,21). The van der Waals surface area contributed by atoms with E-state index in [1.165, 1.54) is 0 Å². The van der Waals surface area contributed by atoms with E-state index < -0.39 is 0 Å². The molecule has 0 saturated heterocycles. The van der Waals surface area contributed by atoms with Gasteiger partial charge in [-0.2, -0.15) is 0 Å². The van der Waals surface area contributed by atoms with Crippen LogP contribution < -0.4 is 5.32 Å². The maximum Gasteiger partial charge on any atom is 0.234 e. The second-order valence-corrected chi connectivity index (χ2v) is 6.07. The lowest BCUT2D eigenvalue weighted by Crippen LogP contribution is -2.41. The van der Waals surface area contributed by atoms with Crippen molar-refractivity contribution in [2.75, 3.05) is 13.1 Å². The fraction of sp³-hybridized carbons (Fsp3) is 0.562. The SMILES string of the molecule is CCC(CC)NC(=O)CN(CC)Cc1cc(Br)ccc1O. The third-order valence-electron chi connectivity index (χ3n) is 3.60. The molecule has 4 nitrogen and oxygen atoms in total. The Morgan fingerprint density at radius 1 is 1.33 bits per heavy atom. The number of likely N-dealkylation sites (N-methyl/N-ethyl adjacent to an activating group) is 1. The van der Waals surface area contributed by atoms with Crippen LogP contribution in [0, 0.1) is 0 Å². The number of carbonyl (C=O) groups excluding carboxylic acids is 1. The van der Waals surface area contributed by atoms with E-state index >= 15 is 0 Å². The molecule has 0 fully saturated rings. The highest BCUT2D eigenvalue weighted by Crippen LogP contribution is 2.23. The summed E-state index contributed by atoms with van der Waals surface area (Å²) in [6, 6.07) is 5.60. The molecule has 1 amide bonds. The van der Waals surface area contributed by atoms with Crippen LogP contribution in [0.15, 0.2) is 22.7 Å². The molecular formula is C16H25BrN2O2. The molecule has 0 aliphatic carbocycles. The summed E-state index contributed by atoms with van der Waals surface area (Å²) in [6.45, 7) is 7.82. The summed E-state index contributed by atoms with van der Waals surface area (Å²) >= 11 is 3.40. The summed E-state index contributed by atoms with van der Waals surface area (Å²) in [7, 11) is 0. The minimum atomic E-state index is 0.0417. The van der Waals surface area contributed by atoms with Crippen LogP contribution in [0.5, 0.6) is 5.75 Å². The number of amides is 1. The molecule has 118 valence electrons. The summed E-state index contributed by atoms with van der Waals surface area (Å²) in [5.74, 6) is 0.303. The van der Waals surface area contributed by atoms with Gasteiger partial charge in [-0.15, -0.1) is 0 Å². The van der Waals surface area contributed by atoms with Gasteiger partial charge in [0.2, 0.25) is 5.91 Å². The van der Waals surface area contributed by atoms with Crippen molar-refractivity contribution >= 4 is 21.8 Å². The molecular weight excluding hydrogens is 332 g/mol. The maximum atomic E-state index is 12.1. The fourth-order valence-electron chi connectivity index (χ4n) is 2.17. The number of nitrogens with zero attached hydrogens (tertiary/aromatic N) is 1. The Hall–Kier alpha value is -1.07. The minimum absolute atomic E-state index is 0.0417. The molecule has 0 bridgehead atoms. The van der Waals surface area contributed by atoms with Gasteiger partial charge in [0.1, 0.15) is 5.75 Å². The van der Waals surface area contributed by atoms with Gasteiger partial charge in [-0.25, -0.2) is 0 Å². The average Bonchev–Trinajstić information content (AvgIpc) is 2.47. The van der Waals surface area contributed by atoms with Crippen molar-refractivity contribution in [1.82, 2.24) is 10.2 Å². The van der Waals surface area contributed by atoms with Crippen LogP contribution in [0.25, 0.3) is 0 Å². The lowest BCUT2D eigenvalue weighted by molar-refractivity contribution is -0.123. The van der Waals surface area contributed by atoms with E-state index in [0.717, 1.165) is 29.4 Å². The molecule has 21 heavy (non-hydrogen) atoms. The molecule has 2 N–H and O–H groups in total. The van der Waals surface area contributed by atoms with Crippen molar-refractivity contribution in [2.45, 2.75) is 46.2 Å². The molecule has 0 heterocycles. The topological polar surface area (TPSA) is 52.6 Å². The van der Waals surface area contributed by atoms with Crippen LogP contribution in [0.1, 0.15) is 39.2 Å². The first-order valence-corrected chi connectivity index (χ1v) is 8.28. The van der Waals surface area contributed by atoms with Gasteiger partial charge in [-0.1, -0.05) is 36.7 Å². The van der Waals surface area contributed by atoms with Gasteiger partial charge in [0, 0.05) is 22.6 Å². The third kappa shape index (κ3) is 6.06. The average molecular weight is 357 g/mol. The summed E-state index contributed by atoms with van der Waals surface area (Å²) in [5, 5.41) is 12.9. The predicted molar refractivity (Wildman–Crippen MR) is 89.3 cm³/mol. The van der Waals surface area contributed by atoms with E-state index in [0.29, 0.717) is 13.1 Å². The van der Waals surface area contributed by atoms with Crippen LogP contribution in [0.2, 0.25) is 0 Å². The number of hydrogen-bond acceptors (Lipinski definition) is 3. The van der Waals surface area contributed by atoms with E-state index in [1.807, 2.05) is 17.9 Å². The van der Waals surface area contributed by atoms with Crippen molar-refractivity contribution in [3.63, 3.8) is 0 Å². The zero-order valence-corrected chi connectivity index (χ0v) is 14.6. The highest BCUT2D eigenvalue weighted by Gasteiger charge is 2.14. The second-order valence-electron chi connectivity index (χ2n) is 5.16. The number of aromatic hydroxyl groups is 1. The molecule has 0 atom stereocenters. The Morgan fingerprint density at radius 3 is 2.57 bits per heavy atom. The molecule has 0 unspecified atom stereocenters. The van der Waals surface area contributed by atoms with Crippen LogP contribution >= 0.6 is 15.9 Å². The molecule has 5 heteroatoms. The number of phenolic OH excluding ortho intramolecular Hbond substituents is 1. The summed E-state index contributed by atoms with van der Waals surface area (Å²) in [5.41, 5.74) is 0.821. The minimum Gasteiger partial charge on any atom is -0.508 e. The number of rotatable bonds is 8. The number of halogens is 1. The second kappa shape index (κ2) is 9.05. The Balaban J connectivity index is 2.62. The van der Waals surface area contributed by atoms with Crippen molar-refractivity contribution < 1.29 is 9.90 Å². The molecule has 0 aliphatic heterocycles. The summed E-state index contributed by atoms with van der Waals surface area (Å²) in [6.07, 6.45) is 1.89. The zero-order chi connectivity index (χ0) is 15.8. The fourth-order valence-corrected chi connectivity index (χ4v) is 2.58. The van der Waals surface area contributed by atoms with Crippen molar-refractivity contribution in [2.24, 2.45) is 0 Å². The zero-order valence-electron chi connectivity index (χ0n) is 13.0. The number of phenols is 1. The van der Waals surface area contributed by atoms with E-state index in [-0.39, 0.29) is 17.7 Å². The van der Waals surface area contributed by atoms with Crippen LogP contribution in [-0.4, -0.2) is 35.0 Å². The first kappa shape index (κ1) is 18.0. The van der Waals surface area contributed by atoms with Gasteiger partial charge in [0.25, 0.3) is 0 Å².